The summed E-state index contributed by atoms with van der Waals surface area (Å²) in [6, 6.07) is 19.5. The second kappa shape index (κ2) is 11.0. The van der Waals surface area contributed by atoms with Gasteiger partial charge in [0.1, 0.15) is 36.3 Å². The van der Waals surface area contributed by atoms with Crippen LogP contribution in [0.5, 0.6) is 17.2 Å². The van der Waals surface area contributed by atoms with E-state index >= 15 is 0 Å². The summed E-state index contributed by atoms with van der Waals surface area (Å²) in [5.74, 6) is 1.97. The van der Waals surface area contributed by atoms with Crippen LogP contribution in [-0.2, 0) is 37.9 Å². The fraction of sp³-hybridized carbons (Fsp3) is 0.286. The molecular weight excluding hydrogens is 444 g/mol. The molecule has 35 heavy (non-hydrogen) atoms. The van der Waals surface area contributed by atoms with Crippen LogP contribution >= 0.6 is 0 Å². The summed E-state index contributed by atoms with van der Waals surface area (Å²) in [6.45, 7) is 2.79. The average molecular weight is 475 g/mol. The van der Waals surface area contributed by atoms with Gasteiger partial charge in [-0.15, -0.1) is 0 Å². The number of methoxy groups -OCH3 is 1. The molecule has 0 unspecified atom stereocenters. The van der Waals surface area contributed by atoms with Crippen molar-refractivity contribution in [3.8, 4) is 17.2 Å². The highest BCUT2D eigenvalue weighted by molar-refractivity contribution is 5.77. The number of fused-ring (bicyclic) bond motifs is 1. The molecule has 0 saturated heterocycles. The van der Waals surface area contributed by atoms with Gasteiger partial charge in [-0.25, -0.2) is 4.98 Å². The van der Waals surface area contributed by atoms with E-state index in [2.05, 4.69) is 24.0 Å². The van der Waals surface area contributed by atoms with Crippen molar-refractivity contribution >= 4 is 17.0 Å². The Morgan fingerprint density at radius 3 is 2.46 bits per heavy atom. The van der Waals surface area contributed by atoms with Crippen molar-refractivity contribution in [1.82, 2.24) is 9.55 Å². The van der Waals surface area contributed by atoms with Gasteiger partial charge in [-0.1, -0.05) is 37.3 Å². The number of aryl methyl sites for hydroxylation is 3. The van der Waals surface area contributed by atoms with E-state index in [0.29, 0.717) is 24.5 Å². The molecule has 0 radical (unpaired) electrons. The Balaban J connectivity index is 1.53. The van der Waals surface area contributed by atoms with Crippen LogP contribution in [0.2, 0.25) is 0 Å². The number of nitrogens with zero attached hydrogens (tertiary/aromatic N) is 2. The number of benzene rings is 3. The minimum absolute atomic E-state index is 0.0332. The minimum Gasteiger partial charge on any atom is -0.497 e. The third kappa shape index (κ3) is 5.74. The topological polar surface area (TPSA) is 82.8 Å². The lowest BCUT2D eigenvalue weighted by Gasteiger charge is -2.15. The van der Waals surface area contributed by atoms with Crippen molar-refractivity contribution in [1.29, 1.82) is 0 Å². The fourth-order valence-corrected chi connectivity index (χ4v) is 4.03. The first-order valence-electron chi connectivity index (χ1n) is 11.6. The predicted octanol–water partition coefficient (Wildman–Crippen LogP) is 5.32. The zero-order valence-electron chi connectivity index (χ0n) is 20.3. The number of hydrogen-bond acceptors (Lipinski definition) is 5. The molecule has 3 aromatic carbocycles. The van der Waals surface area contributed by atoms with E-state index in [4.69, 9.17) is 19.3 Å². The monoisotopic (exact) mass is 474 g/mol. The number of ether oxygens (including phenoxy) is 3. The Labute approximate surface area is 204 Å². The van der Waals surface area contributed by atoms with E-state index in [0.717, 1.165) is 40.2 Å². The summed E-state index contributed by atoms with van der Waals surface area (Å²) in [5, 5.41) is 9.14. The molecule has 1 N–H and O–H groups in total. The molecular formula is C28H30N2O5. The van der Waals surface area contributed by atoms with Gasteiger partial charge in [0.25, 0.3) is 0 Å². The summed E-state index contributed by atoms with van der Waals surface area (Å²) < 4.78 is 19.6. The van der Waals surface area contributed by atoms with Crippen LogP contribution < -0.4 is 14.2 Å². The Morgan fingerprint density at radius 2 is 1.71 bits per heavy atom. The Bertz CT molecular complexity index is 1330. The summed E-state index contributed by atoms with van der Waals surface area (Å²) >= 11 is 0. The molecule has 7 heteroatoms. The molecule has 1 aromatic heterocycles. The van der Waals surface area contributed by atoms with Crippen molar-refractivity contribution in [3.05, 3.63) is 83.2 Å². The maximum atomic E-state index is 11.1. The van der Waals surface area contributed by atoms with Gasteiger partial charge in [0.05, 0.1) is 18.1 Å². The Kier molecular flexibility index (Phi) is 7.55. The summed E-state index contributed by atoms with van der Waals surface area (Å²) in [4.78, 5) is 15.8. The number of carboxylic acid groups (broad SMARTS) is 1. The zero-order chi connectivity index (χ0) is 24.8. The third-order valence-corrected chi connectivity index (χ3v) is 6.08. The van der Waals surface area contributed by atoms with Crippen LogP contribution in [-0.4, -0.2) is 27.7 Å². The second-order valence-electron chi connectivity index (χ2n) is 8.30. The van der Waals surface area contributed by atoms with Gasteiger partial charge in [0.2, 0.25) is 0 Å². The maximum absolute atomic E-state index is 11.1. The van der Waals surface area contributed by atoms with Gasteiger partial charge in [0.15, 0.2) is 0 Å². The highest BCUT2D eigenvalue weighted by atomic mass is 16.5. The Hall–Kier alpha value is -4.00. The second-order valence-corrected chi connectivity index (χ2v) is 8.30. The molecule has 0 fully saturated rings. The standard InChI is InChI=1S/C28H30N2O5/c1-4-19-7-5-6-8-21(19)17-35-26-16-23(11-9-20(26)10-14-28(31)32)34-18-27-29-24-13-12-22(33-3)15-25(24)30(27)2/h5-9,11-13,15-16H,4,10,14,17-18H2,1-3H3,(H,31,32). The first kappa shape index (κ1) is 24.1. The maximum Gasteiger partial charge on any atom is 0.303 e. The number of hydrogen-bond donors (Lipinski definition) is 1. The van der Waals surface area contributed by atoms with Gasteiger partial charge >= 0.3 is 5.97 Å². The normalized spacial score (nSPS) is 10.9. The van der Waals surface area contributed by atoms with Gasteiger partial charge in [-0.2, -0.15) is 0 Å². The molecule has 7 nitrogen and oxygen atoms in total. The van der Waals surface area contributed by atoms with E-state index in [-0.39, 0.29) is 13.0 Å². The molecule has 4 aromatic rings. The molecule has 0 aliphatic rings. The van der Waals surface area contributed by atoms with Crippen molar-refractivity contribution in [2.45, 2.75) is 39.4 Å². The lowest BCUT2D eigenvalue weighted by Crippen LogP contribution is -2.06. The minimum atomic E-state index is -0.842. The average Bonchev–Trinajstić information content (AvgIpc) is 3.20. The Morgan fingerprint density at radius 1 is 0.943 bits per heavy atom. The molecule has 0 atom stereocenters. The number of imidazole rings is 1. The highest BCUT2D eigenvalue weighted by Gasteiger charge is 2.13. The quantitative estimate of drug-likeness (QED) is 0.317. The van der Waals surface area contributed by atoms with E-state index in [9.17, 15) is 4.79 Å². The molecule has 0 saturated carbocycles. The van der Waals surface area contributed by atoms with Crippen LogP contribution in [0.3, 0.4) is 0 Å². The van der Waals surface area contributed by atoms with Crippen LogP contribution in [0.1, 0.15) is 35.9 Å². The molecule has 1 heterocycles. The lowest BCUT2D eigenvalue weighted by atomic mass is 10.1. The number of aromatic nitrogens is 2. The molecule has 4 rings (SSSR count). The highest BCUT2D eigenvalue weighted by Crippen LogP contribution is 2.29. The number of carboxylic acids is 1. The van der Waals surface area contributed by atoms with Crippen LogP contribution in [0.4, 0.5) is 0 Å². The molecule has 0 spiro atoms. The van der Waals surface area contributed by atoms with E-state index in [1.54, 1.807) is 7.11 Å². The molecule has 0 aliphatic carbocycles. The molecule has 0 bridgehead atoms. The SMILES string of the molecule is CCc1ccccc1COc1cc(OCc2nc3ccc(OC)cc3n2C)ccc1CCC(=O)O. The van der Waals surface area contributed by atoms with E-state index < -0.39 is 5.97 Å². The van der Waals surface area contributed by atoms with Gasteiger partial charge in [0, 0.05) is 25.6 Å². The molecule has 0 amide bonds. The van der Waals surface area contributed by atoms with Crippen molar-refractivity contribution in [2.75, 3.05) is 7.11 Å². The van der Waals surface area contributed by atoms with Crippen molar-refractivity contribution in [3.63, 3.8) is 0 Å². The number of aliphatic carboxylic acids is 1. The van der Waals surface area contributed by atoms with Crippen molar-refractivity contribution in [2.24, 2.45) is 7.05 Å². The predicted molar refractivity (Wildman–Crippen MR) is 134 cm³/mol. The van der Waals surface area contributed by atoms with E-state index in [1.165, 1.54) is 5.56 Å². The van der Waals surface area contributed by atoms with Crippen LogP contribution in [0, 0.1) is 0 Å². The van der Waals surface area contributed by atoms with Crippen LogP contribution in [0.15, 0.2) is 60.7 Å². The van der Waals surface area contributed by atoms with Gasteiger partial charge < -0.3 is 23.9 Å². The smallest absolute Gasteiger partial charge is 0.303 e. The van der Waals surface area contributed by atoms with E-state index in [1.807, 2.05) is 60.1 Å². The van der Waals surface area contributed by atoms with Gasteiger partial charge in [-0.3, -0.25) is 4.79 Å². The first-order chi connectivity index (χ1) is 17.0. The largest absolute Gasteiger partial charge is 0.497 e. The van der Waals surface area contributed by atoms with Crippen molar-refractivity contribution < 1.29 is 24.1 Å². The summed E-state index contributed by atoms with van der Waals surface area (Å²) in [5.41, 5.74) is 5.01. The summed E-state index contributed by atoms with van der Waals surface area (Å²) in [7, 11) is 3.59. The lowest BCUT2D eigenvalue weighted by molar-refractivity contribution is -0.136. The van der Waals surface area contributed by atoms with Crippen LogP contribution in [0.25, 0.3) is 11.0 Å². The summed E-state index contributed by atoms with van der Waals surface area (Å²) in [6.07, 6.45) is 1.33. The fourth-order valence-electron chi connectivity index (χ4n) is 4.03. The first-order valence-corrected chi connectivity index (χ1v) is 11.6. The number of carbonyl (C=O) groups is 1. The van der Waals surface area contributed by atoms with Gasteiger partial charge in [-0.05, 0) is 47.7 Å². The zero-order valence-corrected chi connectivity index (χ0v) is 20.3. The molecule has 0 aliphatic heterocycles. The molecule has 182 valence electrons. The number of rotatable bonds is 11. The third-order valence-electron chi connectivity index (χ3n) is 6.08.